The third-order valence-electron chi connectivity index (χ3n) is 7.56. The molecule has 1 atom stereocenters. The SMILES string of the molecule is O=C(CC12CC3CC(CC(C3)C1)C2)N1CCSC(c2ccccc2)CC1. The number of amides is 1. The summed E-state index contributed by atoms with van der Waals surface area (Å²) in [5.41, 5.74) is 1.80. The smallest absolute Gasteiger partial charge is 0.223 e. The molecule has 1 amide bonds. The van der Waals surface area contributed by atoms with Crippen LogP contribution < -0.4 is 0 Å². The highest BCUT2D eigenvalue weighted by Crippen LogP contribution is 2.61. The molecule has 1 heterocycles. The van der Waals surface area contributed by atoms with Gasteiger partial charge < -0.3 is 4.90 Å². The number of carbonyl (C=O) groups is 1. The van der Waals surface area contributed by atoms with Crippen LogP contribution in [0.2, 0.25) is 0 Å². The predicted molar refractivity (Wildman–Crippen MR) is 108 cm³/mol. The molecule has 0 aromatic heterocycles. The minimum Gasteiger partial charge on any atom is -0.342 e. The monoisotopic (exact) mass is 369 g/mol. The van der Waals surface area contributed by atoms with Crippen molar-refractivity contribution in [2.45, 2.75) is 56.6 Å². The lowest BCUT2D eigenvalue weighted by molar-refractivity contribution is -0.139. The third kappa shape index (κ3) is 3.32. The Kier molecular flexibility index (Phi) is 4.55. The van der Waals surface area contributed by atoms with Crippen LogP contribution in [0.5, 0.6) is 0 Å². The van der Waals surface area contributed by atoms with Crippen LogP contribution in [-0.4, -0.2) is 29.6 Å². The van der Waals surface area contributed by atoms with E-state index in [0.29, 0.717) is 16.6 Å². The first kappa shape index (κ1) is 17.2. The molecular formula is C23H31NOS. The first-order valence-electron chi connectivity index (χ1n) is 10.6. The van der Waals surface area contributed by atoms with Crippen LogP contribution in [0.3, 0.4) is 0 Å². The Morgan fingerprint density at radius 1 is 1.00 bits per heavy atom. The molecule has 4 aliphatic carbocycles. The lowest BCUT2D eigenvalue weighted by Crippen LogP contribution is -2.48. The molecule has 0 radical (unpaired) electrons. The molecule has 140 valence electrons. The van der Waals surface area contributed by atoms with Gasteiger partial charge in [-0.05, 0) is 73.7 Å². The second-order valence-corrected chi connectivity index (χ2v) is 10.8. The zero-order valence-corrected chi connectivity index (χ0v) is 16.6. The highest BCUT2D eigenvalue weighted by Gasteiger charge is 2.51. The molecule has 4 bridgehead atoms. The van der Waals surface area contributed by atoms with Crippen LogP contribution in [0.4, 0.5) is 0 Å². The number of hydrogen-bond donors (Lipinski definition) is 0. The predicted octanol–water partition coefficient (Wildman–Crippen LogP) is 5.30. The molecule has 0 spiro atoms. The number of nitrogens with zero attached hydrogens (tertiary/aromatic N) is 1. The van der Waals surface area contributed by atoms with Gasteiger partial charge in [-0.25, -0.2) is 0 Å². The second-order valence-electron chi connectivity index (χ2n) is 9.53. The second kappa shape index (κ2) is 6.89. The zero-order chi connectivity index (χ0) is 17.6. The molecule has 0 N–H and O–H groups in total. The van der Waals surface area contributed by atoms with Crippen LogP contribution in [0.15, 0.2) is 30.3 Å². The van der Waals surface area contributed by atoms with Crippen molar-refractivity contribution in [1.29, 1.82) is 0 Å². The van der Waals surface area contributed by atoms with Crippen molar-refractivity contribution in [2.24, 2.45) is 23.2 Å². The summed E-state index contributed by atoms with van der Waals surface area (Å²) in [4.78, 5) is 15.4. The minimum atomic E-state index is 0.379. The number of rotatable bonds is 3. The average Bonchev–Trinajstić information content (AvgIpc) is 2.87. The van der Waals surface area contributed by atoms with Crippen LogP contribution in [0, 0.1) is 23.2 Å². The summed E-state index contributed by atoms with van der Waals surface area (Å²) < 4.78 is 0. The molecule has 1 unspecified atom stereocenters. The van der Waals surface area contributed by atoms with Crippen molar-refractivity contribution in [2.75, 3.05) is 18.8 Å². The number of carbonyl (C=O) groups excluding carboxylic acids is 1. The van der Waals surface area contributed by atoms with Crippen molar-refractivity contribution >= 4 is 17.7 Å². The molecule has 1 aromatic carbocycles. The fourth-order valence-electron chi connectivity index (χ4n) is 6.89. The van der Waals surface area contributed by atoms with E-state index in [-0.39, 0.29) is 0 Å². The van der Waals surface area contributed by atoms with E-state index in [1.807, 2.05) is 11.8 Å². The van der Waals surface area contributed by atoms with E-state index < -0.39 is 0 Å². The van der Waals surface area contributed by atoms with Gasteiger partial charge in [0.1, 0.15) is 0 Å². The zero-order valence-electron chi connectivity index (χ0n) is 15.7. The maximum Gasteiger partial charge on any atom is 0.223 e. The van der Waals surface area contributed by atoms with Crippen molar-refractivity contribution < 1.29 is 4.79 Å². The molecule has 6 rings (SSSR count). The van der Waals surface area contributed by atoms with Crippen LogP contribution in [0.25, 0.3) is 0 Å². The van der Waals surface area contributed by atoms with E-state index in [4.69, 9.17) is 0 Å². The van der Waals surface area contributed by atoms with E-state index in [1.54, 1.807) is 0 Å². The lowest BCUT2D eigenvalue weighted by atomic mass is 9.49. The molecule has 2 nitrogen and oxygen atoms in total. The summed E-state index contributed by atoms with van der Waals surface area (Å²) in [6.45, 7) is 1.89. The Bertz CT molecular complexity index is 622. The van der Waals surface area contributed by atoms with Gasteiger partial charge in [-0.15, -0.1) is 0 Å². The summed E-state index contributed by atoms with van der Waals surface area (Å²) in [6.07, 6.45) is 10.4. The van der Waals surface area contributed by atoms with Gasteiger partial charge in [-0.2, -0.15) is 11.8 Å². The molecule has 3 heteroatoms. The summed E-state index contributed by atoms with van der Waals surface area (Å²) in [5.74, 6) is 4.36. The Morgan fingerprint density at radius 2 is 1.65 bits per heavy atom. The Labute approximate surface area is 162 Å². The van der Waals surface area contributed by atoms with Crippen molar-refractivity contribution in [3.8, 4) is 0 Å². The van der Waals surface area contributed by atoms with Gasteiger partial charge in [0.25, 0.3) is 0 Å². The quantitative estimate of drug-likeness (QED) is 0.720. The molecule has 5 fully saturated rings. The summed E-state index contributed by atoms with van der Waals surface area (Å²) in [6, 6.07) is 10.8. The molecule has 4 saturated carbocycles. The molecular weight excluding hydrogens is 338 g/mol. The largest absolute Gasteiger partial charge is 0.342 e. The number of thioether (sulfide) groups is 1. The van der Waals surface area contributed by atoms with Crippen molar-refractivity contribution in [3.05, 3.63) is 35.9 Å². The number of hydrogen-bond acceptors (Lipinski definition) is 2. The average molecular weight is 370 g/mol. The molecule has 26 heavy (non-hydrogen) atoms. The summed E-state index contributed by atoms with van der Waals surface area (Å²) >= 11 is 2.03. The minimum absolute atomic E-state index is 0.379. The van der Waals surface area contributed by atoms with Gasteiger partial charge in [0.15, 0.2) is 0 Å². The van der Waals surface area contributed by atoms with E-state index in [1.165, 1.54) is 44.1 Å². The summed E-state index contributed by atoms with van der Waals surface area (Å²) in [7, 11) is 0. The molecule has 1 saturated heterocycles. The third-order valence-corrected chi connectivity index (χ3v) is 8.89. The van der Waals surface area contributed by atoms with Gasteiger partial charge in [-0.1, -0.05) is 30.3 Å². The molecule has 1 aliphatic heterocycles. The van der Waals surface area contributed by atoms with E-state index >= 15 is 0 Å². The van der Waals surface area contributed by atoms with Crippen molar-refractivity contribution in [1.82, 2.24) is 4.90 Å². The lowest BCUT2D eigenvalue weighted by Gasteiger charge is -2.57. The van der Waals surface area contributed by atoms with Crippen molar-refractivity contribution in [3.63, 3.8) is 0 Å². The maximum absolute atomic E-state index is 13.2. The maximum atomic E-state index is 13.2. The topological polar surface area (TPSA) is 20.3 Å². The highest BCUT2D eigenvalue weighted by molar-refractivity contribution is 7.99. The van der Waals surface area contributed by atoms with Gasteiger partial charge in [0.2, 0.25) is 5.91 Å². The van der Waals surface area contributed by atoms with E-state index in [0.717, 1.165) is 49.4 Å². The normalized spacial score (nSPS) is 39.0. The highest BCUT2D eigenvalue weighted by atomic mass is 32.2. The standard InChI is InChI=1S/C23H31NOS/c25-22(16-23-13-17-10-18(14-23)12-19(11-17)15-23)24-7-6-21(26-9-8-24)20-4-2-1-3-5-20/h1-5,17-19,21H,6-16H2. The fourth-order valence-corrected chi connectivity index (χ4v) is 8.12. The van der Waals surface area contributed by atoms with Gasteiger partial charge in [-0.3, -0.25) is 4.79 Å². The first-order chi connectivity index (χ1) is 12.7. The Morgan fingerprint density at radius 3 is 2.31 bits per heavy atom. The Hall–Kier alpha value is -0.960. The van der Waals surface area contributed by atoms with Gasteiger partial charge in [0.05, 0.1) is 0 Å². The summed E-state index contributed by atoms with van der Waals surface area (Å²) in [5, 5.41) is 0.550. The fraction of sp³-hybridized carbons (Fsp3) is 0.696. The van der Waals surface area contributed by atoms with Crippen LogP contribution in [0.1, 0.15) is 62.2 Å². The Balaban J connectivity index is 1.22. The first-order valence-corrected chi connectivity index (χ1v) is 11.7. The van der Waals surface area contributed by atoms with E-state index in [2.05, 4.69) is 35.2 Å². The van der Waals surface area contributed by atoms with E-state index in [9.17, 15) is 4.79 Å². The number of benzene rings is 1. The van der Waals surface area contributed by atoms with Crippen LogP contribution >= 0.6 is 11.8 Å². The van der Waals surface area contributed by atoms with Gasteiger partial charge in [0, 0.05) is 30.5 Å². The molecule has 5 aliphatic rings. The van der Waals surface area contributed by atoms with Gasteiger partial charge >= 0.3 is 0 Å². The molecule has 1 aromatic rings. The van der Waals surface area contributed by atoms with Crippen LogP contribution in [-0.2, 0) is 4.79 Å².